The van der Waals surface area contributed by atoms with E-state index >= 15 is 0 Å². The minimum absolute atomic E-state index is 0.0149. The zero-order valence-electron chi connectivity index (χ0n) is 9.42. The van der Waals surface area contributed by atoms with Gasteiger partial charge in [-0.25, -0.2) is 0 Å². The molecule has 0 aromatic carbocycles. The molecule has 1 spiro atoms. The largest absolute Gasteiger partial charge is 0.345 e. The molecule has 1 amide bonds. The highest BCUT2D eigenvalue weighted by Crippen LogP contribution is 2.40. The van der Waals surface area contributed by atoms with E-state index in [1.807, 2.05) is 11.9 Å². The van der Waals surface area contributed by atoms with Gasteiger partial charge in [0, 0.05) is 26.2 Å². The van der Waals surface area contributed by atoms with Gasteiger partial charge in [0.15, 0.2) is 0 Å². The second-order valence-electron chi connectivity index (χ2n) is 5.07. The van der Waals surface area contributed by atoms with Crippen molar-refractivity contribution in [1.29, 1.82) is 0 Å². The van der Waals surface area contributed by atoms with Crippen LogP contribution < -0.4 is 0 Å². The number of carbonyl (C=O) groups excluding carboxylic acids is 1. The number of rotatable bonds is 1. The quantitative estimate of drug-likeness (QED) is 0.623. The second kappa shape index (κ2) is 3.23. The summed E-state index contributed by atoms with van der Waals surface area (Å²) < 4.78 is 0. The molecule has 2 rings (SSSR count). The first-order valence-electron chi connectivity index (χ1n) is 5.55. The molecule has 0 saturated carbocycles. The van der Waals surface area contributed by atoms with Crippen LogP contribution >= 0.6 is 0 Å². The van der Waals surface area contributed by atoms with Crippen molar-refractivity contribution in [3.63, 3.8) is 0 Å². The number of hydrogen-bond donors (Lipinski definition) is 0. The summed E-state index contributed by atoms with van der Waals surface area (Å²) in [6, 6.07) is 0.577. The van der Waals surface area contributed by atoms with Gasteiger partial charge in [-0.1, -0.05) is 0 Å². The van der Waals surface area contributed by atoms with E-state index in [0.717, 1.165) is 32.5 Å². The lowest BCUT2D eigenvalue weighted by atomic mass is 9.85. The van der Waals surface area contributed by atoms with Gasteiger partial charge in [0.1, 0.15) is 0 Å². The Morgan fingerprint density at radius 3 is 2.36 bits per heavy atom. The molecular weight excluding hydrogens is 176 g/mol. The molecular formula is C11H20N2O. The maximum atomic E-state index is 12.0. The van der Waals surface area contributed by atoms with Crippen molar-refractivity contribution < 1.29 is 4.79 Å². The Kier molecular flexibility index (Phi) is 2.30. The van der Waals surface area contributed by atoms with Crippen molar-refractivity contribution in [3.8, 4) is 0 Å². The van der Waals surface area contributed by atoms with Gasteiger partial charge in [0.2, 0.25) is 5.91 Å². The molecule has 0 aromatic rings. The summed E-state index contributed by atoms with van der Waals surface area (Å²) in [5, 5.41) is 0. The fraction of sp³-hybridized carbons (Fsp3) is 0.909. The summed E-state index contributed by atoms with van der Waals surface area (Å²) in [5.74, 6) is 0.376. The molecule has 2 saturated heterocycles. The minimum Gasteiger partial charge on any atom is -0.345 e. The monoisotopic (exact) mass is 196 g/mol. The van der Waals surface area contributed by atoms with Gasteiger partial charge in [-0.2, -0.15) is 0 Å². The van der Waals surface area contributed by atoms with Gasteiger partial charge in [-0.15, -0.1) is 0 Å². The maximum Gasteiger partial charge on any atom is 0.229 e. The first kappa shape index (κ1) is 9.97. The van der Waals surface area contributed by atoms with Crippen LogP contribution in [0.3, 0.4) is 0 Å². The summed E-state index contributed by atoms with van der Waals surface area (Å²) >= 11 is 0. The number of hydrogen-bond acceptors (Lipinski definition) is 2. The van der Waals surface area contributed by atoms with E-state index in [-0.39, 0.29) is 5.41 Å². The molecule has 3 heteroatoms. The number of likely N-dealkylation sites (tertiary alicyclic amines) is 2. The number of nitrogens with zero attached hydrogens (tertiary/aromatic N) is 2. The van der Waals surface area contributed by atoms with E-state index < -0.39 is 0 Å². The predicted octanol–water partition coefficient (Wildman–Crippen LogP) is 0.949. The SMILES string of the molecule is CC(C)N1CCC2(CCN(C)C2=O)C1. The van der Waals surface area contributed by atoms with E-state index in [1.54, 1.807) is 0 Å². The van der Waals surface area contributed by atoms with Crippen LogP contribution in [0.4, 0.5) is 0 Å². The van der Waals surface area contributed by atoms with Gasteiger partial charge in [-0.05, 0) is 33.2 Å². The third kappa shape index (κ3) is 1.34. The molecule has 3 nitrogen and oxygen atoms in total. The van der Waals surface area contributed by atoms with E-state index in [0.29, 0.717) is 11.9 Å². The van der Waals surface area contributed by atoms with Gasteiger partial charge in [0.05, 0.1) is 5.41 Å². The van der Waals surface area contributed by atoms with Crippen LogP contribution in [0.2, 0.25) is 0 Å². The molecule has 1 atom stereocenters. The molecule has 14 heavy (non-hydrogen) atoms. The summed E-state index contributed by atoms with van der Waals surface area (Å²) in [7, 11) is 1.93. The fourth-order valence-electron chi connectivity index (χ4n) is 2.72. The van der Waals surface area contributed by atoms with Crippen molar-refractivity contribution in [2.24, 2.45) is 5.41 Å². The standard InChI is InChI=1S/C11H20N2O/c1-9(2)13-7-5-11(8-13)4-6-12(3)10(11)14/h9H,4-8H2,1-3H3. The summed E-state index contributed by atoms with van der Waals surface area (Å²) in [4.78, 5) is 16.3. The minimum atomic E-state index is -0.0149. The van der Waals surface area contributed by atoms with E-state index in [2.05, 4.69) is 18.7 Å². The lowest BCUT2D eigenvalue weighted by molar-refractivity contribution is -0.134. The van der Waals surface area contributed by atoms with E-state index in [9.17, 15) is 4.79 Å². The first-order valence-corrected chi connectivity index (χ1v) is 5.55. The van der Waals surface area contributed by atoms with Gasteiger partial charge in [-0.3, -0.25) is 9.69 Å². The van der Waals surface area contributed by atoms with Gasteiger partial charge in [0.25, 0.3) is 0 Å². The Hall–Kier alpha value is -0.570. The molecule has 2 aliphatic heterocycles. The van der Waals surface area contributed by atoms with Crippen LogP contribution in [0.5, 0.6) is 0 Å². The summed E-state index contributed by atoms with van der Waals surface area (Å²) in [5.41, 5.74) is -0.0149. The normalized spacial score (nSPS) is 34.0. The zero-order chi connectivity index (χ0) is 10.3. The van der Waals surface area contributed by atoms with Crippen LogP contribution in [0.15, 0.2) is 0 Å². The molecule has 0 radical (unpaired) electrons. The average molecular weight is 196 g/mol. The topological polar surface area (TPSA) is 23.6 Å². The van der Waals surface area contributed by atoms with Crippen molar-refractivity contribution in [2.45, 2.75) is 32.7 Å². The molecule has 2 aliphatic rings. The molecule has 0 N–H and O–H groups in total. The molecule has 0 aliphatic carbocycles. The lowest BCUT2D eigenvalue weighted by Crippen LogP contribution is -2.37. The van der Waals surface area contributed by atoms with Crippen molar-refractivity contribution in [2.75, 3.05) is 26.7 Å². The zero-order valence-corrected chi connectivity index (χ0v) is 9.42. The summed E-state index contributed by atoms with van der Waals surface area (Å²) in [6.07, 6.45) is 2.12. The van der Waals surface area contributed by atoms with Crippen LogP contribution in [0.1, 0.15) is 26.7 Å². The number of carbonyl (C=O) groups is 1. The smallest absolute Gasteiger partial charge is 0.229 e. The van der Waals surface area contributed by atoms with Gasteiger partial charge >= 0.3 is 0 Å². The summed E-state index contributed by atoms with van der Waals surface area (Å²) in [6.45, 7) is 7.44. The second-order valence-corrected chi connectivity index (χ2v) is 5.07. The Morgan fingerprint density at radius 2 is 1.93 bits per heavy atom. The number of amides is 1. The molecule has 1 unspecified atom stereocenters. The molecule has 80 valence electrons. The van der Waals surface area contributed by atoms with E-state index in [4.69, 9.17) is 0 Å². The highest BCUT2D eigenvalue weighted by molar-refractivity contribution is 5.85. The fourth-order valence-corrected chi connectivity index (χ4v) is 2.72. The Balaban J connectivity index is 2.10. The third-order valence-electron chi connectivity index (χ3n) is 3.84. The average Bonchev–Trinajstić information content (AvgIpc) is 2.68. The van der Waals surface area contributed by atoms with Gasteiger partial charge < -0.3 is 4.90 Å². The third-order valence-corrected chi connectivity index (χ3v) is 3.84. The first-order chi connectivity index (χ1) is 6.55. The Bertz CT molecular complexity index is 252. The molecule has 0 aromatic heterocycles. The molecule has 0 bridgehead atoms. The maximum absolute atomic E-state index is 12.0. The Morgan fingerprint density at radius 1 is 1.29 bits per heavy atom. The highest BCUT2D eigenvalue weighted by atomic mass is 16.2. The highest BCUT2D eigenvalue weighted by Gasteiger charge is 2.49. The molecule has 2 fully saturated rings. The van der Waals surface area contributed by atoms with Crippen molar-refractivity contribution in [1.82, 2.24) is 9.80 Å². The van der Waals surface area contributed by atoms with Crippen LogP contribution in [0, 0.1) is 5.41 Å². The lowest BCUT2D eigenvalue weighted by Gasteiger charge is -2.24. The van der Waals surface area contributed by atoms with Crippen molar-refractivity contribution in [3.05, 3.63) is 0 Å². The predicted molar refractivity (Wildman–Crippen MR) is 56.0 cm³/mol. The Labute approximate surface area is 86.1 Å². The van der Waals surface area contributed by atoms with Crippen LogP contribution in [-0.4, -0.2) is 48.4 Å². The van der Waals surface area contributed by atoms with Crippen LogP contribution in [0.25, 0.3) is 0 Å². The van der Waals surface area contributed by atoms with E-state index in [1.165, 1.54) is 0 Å². The molecule has 2 heterocycles. The van der Waals surface area contributed by atoms with Crippen molar-refractivity contribution >= 4 is 5.91 Å². The van der Waals surface area contributed by atoms with Crippen LogP contribution in [-0.2, 0) is 4.79 Å².